The number of unbranched alkanes of at least 4 members (excludes halogenated alkanes) is 2. The first-order valence-corrected chi connectivity index (χ1v) is 8.56. The highest BCUT2D eigenvalue weighted by atomic mass is 16.5. The zero-order valence-electron chi connectivity index (χ0n) is 13.7. The van der Waals surface area contributed by atoms with Crippen LogP contribution in [0.25, 0.3) is 0 Å². The van der Waals surface area contributed by atoms with Crippen LogP contribution in [-0.4, -0.2) is 74.1 Å². The van der Waals surface area contributed by atoms with Crippen molar-refractivity contribution < 1.29 is 14.3 Å². The molecule has 0 aromatic carbocycles. The highest BCUT2D eigenvalue weighted by molar-refractivity contribution is 5.89. The summed E-state index contributed by atoms with van der Waals surface area (Å²) in [7, 11) is 0. The van der Waals surface area contributed by atoms with Gasteiger partial charge in [-0.15, -0.1) is 0 Å². The summed E-state index contributed by atoms with van der Waals surface area (Å²) in [6.07, 6.45) is 3.66. The molecule has 2 rings (SSSR count). The van der Waals surface area contributed by atoms with E-state index in [2.05, 4.69) is 17.1 Å². The van der Waals surface area contributed by atoms with Crippen LogP contribution in [0, 0.1) is 5.92 Å². The van der Waals surface area contributed by atoms with E-state index in [1.165, 1.54) is 0 Å². The number of likely N-dealkylation sites (tertiary alicyclic amines) is 1. The Morgan fingerprint density at radius 2 is 2.05 bits per heavy atom. The number of ether oxygens (including phenoxy) is 1. The Morgan fingerprint density at radius 1 is 1.27 bits per heavy atom. The van der Waals surface area contributed by atoms with Crippen molar-refractivity contribution in [2.45, 2.75) is 32.6 Å². The van der Waals surface area contributed by atoms with Crippen LogP contribution >= 0.6 is 0 Å². The molecule has 6 heteroatoms. The molecule has 0 aliphatic carbocycles. The summed E-state index contributed by atoms with van der Waals surface area (Å²) in [4.78, 5) is 28.3. The molecular weight excluding hydrogens is 282 g/mol. The van der Waals surface area contributed by atoms with E-state index >= 15 is 0 Å². The molecule has 2 fully saturated rings. The molecular formula is C16H29N3O3. The number of amides is 2. The van der Waals surface area contributed by atoms with Crippen LogP contribution in [0.3, 0.4) is 0 Å². The van der Waals surface area contributed by atoms with Crippen LogP contribution < -0.4 is 5.32 Å². The Bertz CT molecular complexity index is 370. The quantitative estimate of drug-likeness (QED) is 0.662. The van der Waals surface area contributed by atoms with Crippen LogP contribution in [-0.2, 0) is 14.3 Å². The Labute approximate surface area is 133 Å². The molecule has 0 aromatic rings. The Morgan fingerprint density at radius 3 is 2.77 bits per heavy atom. The van der Waals surface area contributed by atoms with E-state index < -0.39 is 0 Å². The summed E-state index contributed by atoms with van der Waals surface area (Å²) in [5.74, 6) is -0.0147. The lowest BCUT2D eigenvalue weighted by Crippen LogP contribution is -2.42. The van der Waals surface area contributed by atoms with Crippen molar-refractivity contribution in [3.05, 3.63) is 0 Å². The van der Waals surface area contributed by atoms with Gasteiger partial charge in [0.25, 0.3) is 0 Å². The maximum Gasteiger partial charge on any atom is 0.225 e. The van der Waals surface area contributed by atoms with E-state index in [9.17, 15) is 9.59 Å². The van der Waals surface area contributed by atoms with Gasteiger partial charge in [-0.2, -0.15) is 0 Å². The molecule has 2 aliphatic heterocycles. The van der Waals surface area contributed by atoms with Gasteiger partial charge < -0.3 is 15.0 Å². The van der Waals surface area contributed by atoms with E-state index in [4.69, 9.17) is 4.74 Å². The second-order valence-corrected chi connectivity index (χ2v) is 6.19. The van der Waals surface area contributed by atoms with Gasteiger partial charge in [0.2, 0.25) is 11.8 Å². The highest BCUT2D eigenvalue weighted by Crippen LogP contribution is 2.18. The first-order chi connectivity index (χ1) is 10.7. The maximum atomic E-state index is 12.1. The number of morpholine rings is 1. The first-order valence-electron chi connectivity index (χ1n) is 8.56. The van der Waals surface area contributed by atoms with Crippen molar-refractivity contribution >= 4 is 11.8 Å². The predicted octanol–water partition coefficient (Wildman–Crippen LogP) is 0.474. The summed E-state index contributed by atoms with van der Waals surface area (Å²) in [5.41, 5.74) is 0. The molecule has 0 aromatic heterocycles. The van der Waals surface area contributed by atoms with Gasteiger partial charge in [0, 0.05) is 45.7 Å². The molecule has 22 heavy (non-hydrogen) atoms. The van der Waals surface area contributed by atoms with Gasteiger partial charge in [-0.05, 0) is 6.42 Å². The molecule has 1 N–H and O–H groups in total. The number of nitrogens with one attached hydrogen (secondary N) is 1. The van der Waals surface area contributed by atoms with E-state index in [-0.39, 0.29) is 17.7 Å². The maximum absolute atomic E-state index is 12.1. The third-order valence-corrected chi connectivity index (χ3v) is 4.45. The summed E-state index contributed by atoms with van der Waals surface area (Å²) in [6.45, 7) is 8.45. The molecule has 2 heterocycles. The Hall–Kier alpha value is -1.14. The van der Waals surface area contributed by atoms with Gasteiger partial charge in [-0.1, -0.05) is 19.8 Å². The molecule has 0 spiro atoms. The Balaban J connectivity index is 1.67. The summed E-state index contributed by atoms with van der Waals surface area (Å²) in [5, 5.41) is 2.96. The monoisotopic (exact) mass is 311 g/mol. The van der Waals surface area contributed by atoms with Gasteiger partial charge in [-0.3, -0.25) is 14.5 Å². The van der Waals surface area contributed by atoms with E-state index in [0.717, 1.165) is 65.2 Å². The number of carbonyl (C=O) groups excluding carboxylic acids is 2. The topological polar surface area (TPSA) is 61.9 Å². The van der Waals surface area contributed by atoms with Crippen LogP contribution in [0.5, 0.6) is 0 Å². The third kappa shape index (κ3) is 5.25. The lowest BCUT2D eigenvalue weighted by atomic mass is 10.1. The fourth-order valence-corrected chi connectivity index (χ4v) is 2.98. The van der Waals surface area contributed by atoms with Crippen molar-refractivity contribution in [2.24, 2.45) is 5.92 Å². The van der Waals surface area contributed by atoms with Gasteiger partial charge in [0.05, 0.1) is 19.1 Å². The summed E-state index contributed by atoms with van der Waals surface area (Å²) in [6, 6.07) is 0. The average molecular weight is 311 g/mol. The van der Waals surface area contributed by atoms with Crippen LogP contribution in [0.1, 0.15) is 32.6 Å². The van der Waals surface area contributed by atoms with Crippen molar-refractivity contribution in [2.75, 3.05) is 52.5 Å². The van der Waals surface area contributed by atoms with Crippen molar-refractivity contribution in [3.63, 3.8) is 0 Å². The molecule has 2 saturated heterocycles. The average Bonchev–Trinajstić information content (AvgIpc) is 2.91. The number of nitrogens with zero attached hydrogens (tertiary/aromatic N) is 2. The minimum atomic E-state index is -0.168. The molecule has 0 saturated carbocycles. The van der Waals surface area contributed by atoms with Crippen LogP contribution in [0.2, 0.25) is 0 Å². The highest BCUT2D eigenvalue weighted by Gasteiger charge is 2.34. The summed E-state index contributed by atoms with van der Waals surface area (Å²) < 4.78 is 5.32. The number of hydrogen-bond donors (Lipinski definition) is 1. The van der Waals surface area contributed by atoms with Crippen LogP contribution in [0.4, 0.5) is 0 Å². The third-order valence-electron chi connectivity index (χ3n) is 4.45. The second kappa shape index (κ2) is 9.10. The molecule has 2 amide bonds. The van der Waals surface area contributed by atoms with Crippen LogP contribution in [0.15, 0.2) is 0 Å². The molecule has 126 valence electrons. The normalized spacial score (nSPS) is 23.0. The zero-order chi connectivity index (χ0) is 15.8. The molecule has 0 radical (unpaired) electrons. The fourth-order valence-electron chi connectivity index (χ4n) is 2.98. The number of rotatable bonds is 8. The summed E-state index contributed by atoms with van der Waals surface area (Å²) >= 11 is 0. The number of hydrogen-bond acceptors (Lipinski definition) is 4. The molecule has 2 aliphatic rings. The number of carbonyl (C=O) groups is 2. The molecule has 1 unspecified atom stereocenters. The molecule has 1 atom stereocenters. The van der Waals surface area contributed by atoms with E-state index in [0.29, 0.717) is 13.0 Å². The fraction of sp³-hybridized carbons (Fsp3) is 0.875. The molecule has 0 bridgehead atoms. The van der Waals surface area contributed by atoms with Crippen molar-refractivity contribution in [3.8, 4) is 0 Å². The molecule has 6 nitrogen and oxygen atoms in total. The minimum Gasteiger partial charge on any atom is -0.379 e. The van der Waals surface area contributed by atoms with Crippen molar-refractivity contribution in [1.82, 2.24) is 15.1 Å². The SMILES string of the molecule is CCCCCNC(=O)C1CC(=O)N(CCN2CCOCC2)C1. The lowest BCUT2D eigenvalue weighted by molar-refractivity contribution is -0.129. The smallest absolute Gasteiger partial charge is 0.225 e. The van der Waals surface area contributed by atoms with E-state index in [1.807, 2.05) is 4.90 Å². The van der Waals surface area contributed by atoms with Gasteiger partial charge in [-0.25, -0.2) is 0 Å². The van der Waals surface area contributed by atoms with Gasteiger partial charge in [0.15, 0.2) is 0 Å². The largest absolute Gasteiger partial charge is 0.379 e. The predicted molar refractivity (Wildman–Crippen MR) is 84.5 cm³/mol. The second-order valence-electron chi connectivity index (χ2n) is 6.19. The standard InChI is InChI=1S/C16H29N3O3/c1-2-3-4-5-17-16(21)14-12-15(20)19(13-14)7-6-18-8-10-22-11-9-18/h14H,2-13H2,1H3,(H,17,21). The first kappa shape index (κ1) is 17.2. The van der Waals surface area contributed by atoms with E-state index in [1.54, 1.807) is 0 Å². The zero-order valence-corrected chi connectivity index (χ0v) is 13.7. The van der Waals surface area contributed by atoms with Gasteiger partial charge >= 0.3 is 0 Å². The van der Waals surface area contributed by atoms with Crippen molar-refractivity contribution in [1.29, 1.82) is 0 Å². The lowest BCUT2D eigenvalue weighted by Gasteiger charge is -2.28. The Kier molecular flexibility index (Phi) is 7.12. The minimum absolute atomic E-state index is 0.0401. The van der Waals surface area contributed by atoms with Gasteiger partial charge in [0.1, 0.15) is 0 Å².